The first kappa shape index (κ1) is 19.0. The van der Waals surface area contributed by atoms with Crippen LogP contribution in [0, 0.1) is 0 Å². The van der Waals surface area contributed by atoms with Gasteiger partial charge in [0.25, 0.3) is 5.91 Å². The van der Waals surface area contributed by atoms with Crippen molar-refractivity contribution < 1.29 is 17.9 Å². The molecule has 0 spiro atoms. The summed E-state index contributed by atoms with van der Waals surface area (Å²) in [5, 5.41) is 0. The Kier molecular flexibility index (Phi) is 5.12. The summed E-state index contributed by atoms with van der Waals surface area (Å²) in [6.45, 7) is 3.09. The molecule has 6 nitrogen and oxygen atoms in total. The second-order valence-electron chi connectivity index (χ2n) is 7.32. The standard InChI is InChI=1S/C21H24N2O4S/c1-16-14-17-6-2-3-7-20(17)23(16)21(24)15-27-18-8-10-19(11-9-18)28(25,26)22-12-4-5-13-22/h2-3,6-11,16H,4-5,12-15H2,1H3/t16-/m1/s1. The van der Waals surface area contributed by atoms with Gasteiger partial charge in [0, 0.05) is 24.8 Å². The highest BCUT2D eigenvalue weighted by atomic mass is 32.2. The maximum absolute atomic E-state index is 12.7. The molecule has 2 aliphatic heterocycles. The van der Waals surface area contributed by atoms with Crippen molar-refractivity contribution in [3.63, 3.8) is 0 Å². The Morgan fingerprint density at radius 2 is 1.75 bits per heavy atom. The molecule has 2 aromatic carbocycles. The normalized spacial score (nSPS) is 19.6. The van der Waals surface area contributed by atoms with Crippen molar-refractivity contribution in [3.05, 3.63) is 54.1 Å². The number of rotatable bonds is 5. The summed E-state index contributed by atoms with van der Waals surface area (Å²) in [4.78, 5) is 14.7. The van der Waals surface area contributed by atoms with Crippen LogP contribution >= 0.6 is 0 Å². The Labute approximate surface area is 165 Å². The first-order valence-electron chi connectivity index (χ1n) is 9.60. The zero-order valence-electron chi connectivity index (χ0n) is 15.9. The number of amides is 1. The van der Waals surface area contributed by atoms with E-state index in [2.05, 4.69) is 0 Å². The molecule has 0 bridgehead atoms. The van der Waals surface area contributed by atoms with E-state index in [1.807, 2.05) is 31.2 Å². The molecular formula is C21H24N2O4S. The van der Waals surface area contributed by atoms with Crippen molar-refractivity contribution in [2.45, 2.75) is 37.1 Å². The van der Waals surface area contributed by atoms with Gasteiger partial charge in [-0.15, -0.1) is 0 Å². The summed E-state index contributed by atoms with van der Waals surface area (Å²) < 4.78 is 32.3. The van der Waals surface area contributed by atoms with Crippen LogP contribution in [0.15, 0.2) is 53.4 Å². The summed E-state index contributed by atoms with van der Waals surface area (Å²) >= 11 is 0. The molecule has 1 amide bonds. The number of nitrogens with zero attached hydrogens (tertiary/aromatic N) is 2. The van der Waals surface area contributed by atoms with Crippen molar-refractivity contribution in [1.82, 2.24) is 4.31 Å². The van der Waals surface area contributed by atoms with E-state index in [4.69, 9.17) is 4.74 Å². The van der Waals surface area contributed by atoms with E-state index >= 15 is 0 Å². The monoisotopic (exact) mass is 400 g/mol. The van der Waals surface area contributed by atoms with Gasteiger partial charge in [0.05, 0.1) is 4.90 Å². The number of carbonyl (C=O) groups excluding carboxylic acids is 1. The van der Waals surface area contributed by atoms with E-state index in [1.54, 1.807) is 29.2 Å². The Morgan fingerprint density at radius 3 is 2.46 bits per heavy atom. The second kappa shape index (κ2) is 7.56. The molecule has 1 atom stereocenters. The van der Waals surface area contributed by atoms with Crippen LogP contribution < -0.4 is 9.64 Å². The van der Waals surface area contributed by atoms with E-state index in [0.717, 1.165) is 24.9 Å². The zero-order valence-corrected chi connectivity index (χ0v) is 16.7. The first-order valence-corrected chi connectivity index (χ1v) is 11.0. The Balaban J connectivity index is 1.41. The van der Waals surface area contributed by atoms with Crippen molar-refractivity contribution in [2.75, 3.05) is 24.6 Å². The molecule has 28 heavy (non-hydrogen) atoms. The molecule has 2 heterocycles. The molecule has 0 saturated carbocycles. The highest BCUT2D eigenvalue weighted by Gasteiger charge is 2.31. The fourth-order valence-electron chi connectivity index (χ4n) is 3.95. The quantitative estimate of drug-likeness (QED) is 0.774. The molecule has 7 heteroatoms. The third-order valence-electron chi connectivity index (χ3n) is 5.36. The van der Waals surface area contributed by atoms with Crippen LogP contribution in [0.25, 0.3) is 0 Å². The summed E-state index contributed by atoms with van der Waals surface area (Å²) in [7, 11) is -3.44. The van der Waals surface area contributed by atoms with Gasteiger partial charge in [-0.05, 0) is 62.1 Å². The van der Waals surface area contributed by atoms with Gasteiger partial charge in [0.1, 0.15) is 5.75 Å². The lowest BCUT2D eigenvalue weighted by molar-refractivity contribution is -0.120. The fraction of sp³-hybridized carbons (Fsp3) is 0.381. The van der Waals surface area contributed by atoms with E-state index in [-0.39, 0.29) is 23.5 Å². The zero-order chi connectivity index (χ0) is 19.7. The van der Waals surface area contributed by atoms with Gasteiger partial charge in [-0.3, -0.25) is 4.79 Å². The molecule has 2 aliphatic rings. The van der Waals surface area contributed by atoms with Crippen molar-refractivity contribution in [3.8, 4) is 5.75 Å². The number of hydrogen-bond donors (Lipinski definition) is 0. The minimum Gasteiger partial charge on any atom is -0.484 e. The van der Waals surface area contributed by atoms with Crippen LogP contribution in [0.4, 0.5) is 5.69 Å². The van der Waals surface area contributed by atoms with Crippen LogP contribution in [-0.2, 0) is 21.2 Å². The number of carbonyl (C=O) groups is 1. The third kappa shape index (κ3) is 3.52. The Hall–Kier alpha value is -2.38. The molecule has 2 aromatic rings. The van der Waals surface area contributed by atoms with Crippen LogP contribution in [0.5, 0.6) is 5.75 Å². The average molecular weight is 401 g/mol. The molecule has 0 aromatic heterocycles. The number of fused-ring (bicyclic) bond motifs is 1. The van der Waals surface area contributed by atoms with Gasteiger partial charge in [0.15, 0.2) is 6.61 Å². The lowest BCUT2D eigenvalue weighted by Gasteiger charge is -2.22. The topological polar surface area (TPSA) is 66.9 Å². The summed E-state index contributed by atoms with van der Waals surface area (Å²) in [5.74, 6) is 0.375. The van der Waals surface area contributed by atoms with E-state index in [0.29, 0.717) is 18.8 Å². The summed E-state index contributed by atoms with van der Waals surface area (Å²) in [6, 6.07) is 14.3. The molecule has 0 aliphatic carbocycles. The van der Waals surface area contributed by atoms with Gasteiger partial charge < -0.3 is 9.64 Å². The summed E-state index contributed by atoms with van der Waals surface area (Å²) in [6.07, 6.45) is 2.64. The molecule has 0 radical (unpaired) electrons. The molecular weight excluding hydrogens is 376 g/mol. The van der Waals surface area contributed by atoms with E-state index in [9.17, 15) is 13.2 Å². The highest BCUT2D eigenvalue weighted by molar-refractivity contribution is 7.89. The second-order valence-corrected chi connectivity index (χ2v) is 9.25. The van der Waals surface area contributed by atoms with Crippen molar-refractivity contribution >= 4 is 21.6 Å². The third-order valence-corrected chi connectivity index (χ3v) is 7.28. The number of ether oxygens (including phenoxy) is 1. The highest BCUT2D eigenvalue weighted by Crippen LogP contribution is 2.32. The van der Waals surface area contributed by atoms with Crippen LogP contribution in [0.1, 0.15) is 25.3 Å². The van der Waals surface area contributed by atoms with Gasteiger partial charge in [-0.1, -0.05) is 18.2 Å². The van der Waals surface area contributed by atoms with Crippen LogP contribution in [0.3, 0.4) is 0 Å². The van der Waals surface area contributed by atoms with Gasteiger partial charge in [-0.25, -0.2) is 8.42 Å². The molecule has 1 saturated heterocycles. The number of para-hydroxylation sites is 1. The number of anilines is 1. The van der Waals surface area contributed by atoms with Gasteiger partial charge in [-0.2, -0.15) is 4.31 Å². The van der Waals surface area contributed by atoms with Crippen LogP contribution in [-0.4, -0.2) is 44.4 Å². The predicted molar refractivity (Wildman–Crippen MR) is 107 cm³/mol. The molecule has 4 rings (SSSR count). The average Bonchev–Trinajstić information content (AvgIpc) is 3.34. The SMILES string of the molecule is C[C@@H]1Cc2ccccc2N1C(=O)COc1ccc(S(=O)(=O)N2CCCC2)cc1. The number of benzene rings is 2. The number of hydrogen-bond acceptors (Lipinski definition) is 4. The molecule has 1 fully saturated rings. The maximum atomic E-state index is 12.7. The van der Waals surface area contributed by atoms with Gasteiger partial charge >= 0.3 is 0 Å². The molecule has 148 valence electrons. The Bertz CT molecular complexity index is 966. The Morgan fingerprint density at radius 1 is 1.07 bits per heavy atom. The lowest BCUT2D eigenvalue weighted by atomic mass is 10.1. The smallest absolute Gasteiger partial charge is 0.265 e. The predicted octanol–water partition coefficient (Wildman–Crippen LogP) is 2.83. The molecule has 0 unspecified atom stereocenters. The maximum Gasteiger partial charge on any atom is 0.265 e. The fourth-order valence-corrected chi connectivity index (χ4v) is 5.46. The minimum absolute atomic E-state index is 0.0864. The minimum atomic E-state index is -3.44. The van der Waals surface area contributed by atoms with E-state index < -0.39 is 10.0 Å². The van der Waals surface area contributed by atoms with Crippen LogP contribution in [0.2, 0.25) is 0 Å². The van der Waals surface area contributed by atoms with Gasteiger partial charge in [0.2, 0.25) is 10.0 Å². The lowest BCUT2D eigenvalue weighted by Crippen LogP contribution is -2.39. The largest absolute Gasteiger partial charge is 0.484 e. The van der Waals surface area contributed by atoms with Crippen molar-refractivity contribution in [2.24, 2.45) is 0 Å². The number of sulfonamides is 1. The summed E-state index contributed by atoms with van der Waals surface area (Å²) in [5.41, 5.74) is 2.11. The van der Waals surface area contributed by atoms with Crippen molar-refractivity contribution in [1.29, 1.82) is 0 Å². The van der Waals surface area contributed by atoms with E-state index in [1.165, 1.54) is 9.87 Å². The first-order chi connectivity index (χ1) is 13.5. The molecule has 0 N–H and O–H groups in total.